The predicted octanol–water partition coefficient (Wildman–Crippen LogP) is 4.29. The Labute approximate surface area is 156 Å². The van der Waals surface area contributed by atoms with Crippen molar-refractivity contribution in [1.29, 1.82) is 0 Å². The smallest absolute Gasteiger partial charge is 0.337 e. The van der Waals surface area contributed by atoms with Gasteiger partial charge in [-0.2, -0.15) is 4.31 Å². The number of hydrogen-bond donors (Lipinski definition) is 1. The molecule has 0 aliphatic rings. The van der Waals surface area contributed by atoms with E-state index in [1.165, 1.54) is 4.31 Å². The summed E-state index contributed by atoms with van der Waals surface area (Å²) in [6.07, 6.45) is 0. The third kappa shape index (κ3) is 4.33. The normalized spacial score (nSPS) is 11.9. The molecule has 2 aromatic rings. The van der Waals surface area contributed by atoms with Crippen molar-refractivity contribution in [3.8, 4) is 0 Å². The van der Waals surface area contributed by atoms with E-state index in [9.17, 15) is 18.3 Å². The van der Waals surface area contributed by atoms with Crippen molar-refractivity contribution in [2.45, 2.75) is 31.3 Å². The van der Waals surface area contributed by atoms with Gasteiger partial charge in [0.2, 0.25) is 10.0 Å². The molecule has 0 saturated carbocycles. The van der Waals surface area contributed by atoms with E-state index in [2.05, 4.69) is 0 Å². The topological polar surface area (TPSA) is 74.7 Å². The third-order valence-electron chi connectivity index (χ3n) is 3.60. The van der Waals surface area contributed by atoms with Crippen LogP contribution in [0.5, 0.6) is 0 Å². The van der Waals surface area contributed by atoms with Crippen molar-refractivity contribution in [3.05, 3.63) is 63.6 Å². The second-order valence-corrected chi connectivity index (χ2v) is 8.37. The third-order valence-corrected chi connectivity index (χ3v) is 6.40. The van der Waals surface area contributed by atoms with Crippen LogP contribution in [0.2, 0.25) is 10.0 Å². The minimum atomic E-state index is -4.02. The van der Waals surface area contributed by atoms with Crippen molar-refractivity contribution in [3.63, 3.8) is 0 Å². The van der Waals surface area contributed by atoms with E-state index < -0.39 is 16.0 Å². The minimum absolute atomic E-state index is 0.115. The molecule has 0 aliphatic heterocycles. The Morgan fingerprint density at radius 1 is 1.12 bits per heavy atom. The average molecular weight is 402 g/mol. The molecule has 25 heavy (non-hydrogen) atoms. The van der Waals surface area contributed by atoms with Crippen molar-refractivity contribution in [1.82, 2.24) is 4.31 Å². The van der Waals surface area contributed by atoms with Gasteiger partial charge in [0.1, 0.15) is 4.90 Å². The Kier molecular flexibility index (Phi) is 6.11. The number of carboxylic acids is 1. The molecule has 2 rings (SSSR count). The summed E-state index contributed by atoms with van der Waals surface area (Å²) in [6.45, 7) is 3.62. The molecular weight excluding hydrogens is 385 g/mol. The van der Waals surface area contributed by atoms with Gasteiger partial charge in [-0.3, -0.25) is 0 Å². The number of benzene rings is 2. The van der Waals surface area contributed by atoms with E-state index in [0.717, 1.165) is 17.7 Å². The molecule has 2 aromatic carbocycles. The van der Waals surface area contributed by atoms with Crippen LogP contribution in [0, 0.1) is 0 Å². The van der Waals surface area contributed by atoms with E-state index in [-0.39, 0.29) is 33.1 Å². The van der Waals surface area contributed by atoms with Crippen LogP contribution in [0.1, 0.15) is 29.8 Å². The molecule has 134 valence electrons. The molecule has 0 fully saturated rings. The first-order valence-electron chi connectivity index (χ1n) is 7.42. The molecule has 0 unspecified atom stereocenters. The highest BCUT2D eigenvalue weighted by Gasteiger charge is 2.30. The van der Waals surface area contributed by atoms with Crippen molar-refractivity contribution in [2.24, 2.45) is 0 Å². The molecule has 1 N–H and O–H groups in total. The monoisotopic (exact) mass is 401 g/mol. The number of aromatic carboxylic acids is 1. The Morgan fingerprint density at radius 2 is 1.72 bits per heavy atom. The van der Waals surface area contributed by atoms with Crippen LogP contribution in [-0.4, -0.2) is 29.8 Å². The fourth-order valence-electron chi connectivity index (χ4n) is 2.33. The van der Waals surface area contributed by atoms with Crippen LogP contribution < -0.4 is 0 Å². The van der Waals surface area contributed by atoms with Gasteiger partial charge >= 0.3 is 5.97 Å². The standard InChI is InChI=1S/C17H17Cl2NO4S/c1-11(2)20(10-12-6-4-3-5-7-12)25(23,24)16-8-13(17(21)22)14(18)9-15(16)19/h3-9,11H,10H2,1-2H3,(H,21,22). The molecule has 8 heteroatoms. The summed E-state index contributed by atoms with van der Waals surface area (Å²) in [6, 6.07) is 10.9. The SMILES string of the molecule is CC(C)N(Cc1ccccc1)S(=O)(=O)c1cc(C(=O)O)c(Cl)cc1Cl. The molecule has 0 aromatic heterocycles. The van der Waals surface area contributed by atoms with Crippen molar-refractivity contribution >= 4 is 39.2 Å². The average Bonchev–Trinajstić information content (AvgIpc) is 2.52. The summed E-state index contributed by atoms with van der Waals surface area (Å²) < 4.78 is 27.4. The summed E-state index contributed by atoms with van der Waals surface area (Å²) in [5, 5.41) is 8.96. The largest absolute Gasteiger partial charge is 0.478 e. The zero-order chi connectivity index (χ0) is 18.8. The van der Waals surface area contributed by atoms with Gasteiger partial charge in [-0.15, -0.1) is 0 Å². The summed E-state index contributed by atoms with van der Waals surface area (Å²) in [5.74, 6) is -1.32. The predicted molar refractivity (Wildman–Crippen MR) is 97.7 cm³/mol. The fraction of sp³-hybridized carbons (Fsp3) is 0.235. The molecule has 0 bridgehead atoms. The van der Waals surface area contributed by atoms with Crippen molar-refractivity contribution in [2.75, 3.05) is 0 Å². The lowest BCUT2D eigenvalue weighted by Crippen LogP contribution is -2.36. The summed E-state index contributed by atoms with van der Waals surface area (Å²) in [5.41, 5.74) is 0.497. The highest BCUT2D eigenvalue weighted by atomic mass is 35.5. The van der Waals surface area contributed by atoms with Gasteiger partial charge in [-0.1, -0.05) is 53.5 Å². The highest BCUT2D eigenvalue weighted by Crippen LogP contribution is 2.32. The highest BCUT2D eigenvalue weighted by molar-refractivity contribution is 7.89. The van der Waals surface area contributed by atoms with Crippen LogP contribution in [-0.2, 0) is 16.6 Å². The van der Waals surface area contributed by atoms with E-state index in [1.54, 1.807) is 13.8 Å². The van der Waals surface area contributed by atoms with Gasteiger partial charge in [-0.25, -0.2) is 13.2 Å². The maximum absolute atomic E-state index is 13.1. The number of hydrogen-bond acceptors (Lipinski definition) is 3. The van der Waals surface area contributed by atoms with Crippen molar-refractivity contribution < 1.29 is 18.3 Å². The first-order chi connectivity index (χ1) is 11.6. The summed E-state index contributed by atoms with van der Waals surface area (Å²) in [7, 11) is -4.02. The van der Waals surface area contributed by atoms with Gasteiger partial charge in [0.25, 0.3) is 0 Å². The zero-order valence-corrected chi connectivity index (χ0v) is 15.9. The van der Waals surface area contributed by atoms with E-state index in [0.29, 0.717) is 0 Å². The molecule has 0 aliphatic carbocycles. The van der Waals surface area contributed by atoms with E-state index in [4.69, 9.17) is 23.2 Å². The van der Waals surface area contributed by atoms with Crippen LogP contribution >= 0.6 is 23.2 Å². The summed E-state index contributed by atoms with van der Waals surface area (Å²) in [4.78, 5) is 11.0. The number of carboxylic acid groups (broad SMARTS) is 1. The molecule has 0 amide bonds. The molecule has 0 saturated heterocycles. The second kappa shape index (κ2) is 7.74. The lowest BCUT2D eigenvalue weighted by atomic mass is 10.2. The van der Waals surface area contributed by atoms with Gasteiger partial charge in [0.15, 0.2) is 0 Å². The molecular formula is C17H17Cl2NO4S. The van der Waals surface area contributed by atoms with Crippen LogP contribution in [0.25, 0.3) is 0 Å². The lowest BCUT2D eigenvalue weighted by molar-refractivity contribution is 0.0697. The maximum Gasteiger partial charge on any atom is 0.337 e. The summed E-state index contributed by atoms with van der Waals surface area (Å²) >= 11 is 11.9. The van der Waals surface area contributed by atoms with Gasteiger partial charge < -0.3 is 5.11 Å². The zero-order valence-electron chi connectivity index (χ0n) is 13.6. The Balaban J connectivity index is 2.54. The minimum Gasteiger partial charge on any atom is -0.478 e. The number of rotatable bonds is 6. The van der Waals surface area contributed by atoms with Gasteiger partial charge in [0, 0.05) is 12.6 Å². The Morgan fingerprint density at radius 3 is 2.24 bits per heavy atom. The maximum atomic E-state index is 13.1. The first kappa shape index (κ1) is 19.7. The number of nitrogens with zero attached hydrogens (tertiary/aromatic N) is 1. The van der Waals surface area contributed by atoms with Gasteiger partial charge in [0.05, 0.1) is 15.6 Å². The molecule has 0 atom stereocenters. The number of halogens is 2. The Bertz CT molecular complexity index is 883. The molecule has 5 nitrogen and oxygen atoms in total. The van der Waals surface area contributed by atoms with Gasteiger partial charge in [-0.05, 0) is 31.5 Å². The van der Waals surface area contributed by atoms with E-state index in [1.807, 2.05) is 30.3 Å². The first-order valence-corrected chi connectivity index (χ1v) is 9.62. The lowest BCUT2D eigenvalue weighted by Gasteiger charge is -2.26. The number of sulfonamides is 1. The van der Waals surface area contributed by atoms with Crippen LogP contribution in [0.3, 0.4) is 0 Å². The van der Waals surface area contributed by atoms with Crippen LogP contribution in [0.4, 0.5) is 0 Å². The Hall–Kier alpha value is -1.60. The van der Waals surface area contributed by atoms with Crippen LogP contribution in [0.15, 0.2) is 47.4 Å². The number of carbonyl (C=O) groups is 1. The molecule has 0 spiro atoms. The van der Waals surface area contributed by atoms with E-state index >= 15 is 0 Å². The quantitative estimate of drug-likeness (QED) is 0.782. The molecule has 0 heterocycles. The second-order valence-electron chi connectivity index (χ2n) is 5.70. The molecule has 0 radical (unpaired) electrons. The fourth-order valence-corrected chi connectivity index (χ4v) is 4.78.